The second kappa shape index (κ2) is 6.71. The summed E-state index contributed by atoms with van der Waals surface area (Å²) >= 11 is 0. The van der Waals surface area contributed by atoms with Gasteiger partial charge in [0.1, 0.15) is 0 Å². The number of rotatable bonds is 7. The van der Waals surface area contributed by atoms with Crippen molar-refractivity contribution in [3.8, 4) is 0 Å². The summed E-state index contributed by atoms with van der Waals surface area (Å²) in [5.74, 6) is 0.629. The minimum absolute atomic E-state index is 0.538. The first-order valence-corrected chi connectivity index (χ1v) is 6.52. The van der Waals surface area contributed by atoms with Gasteiger partial charge in [-0.3, -0.25) is 4.98 Å². The van der Waals surface area contributed by atoms with Gasteiger partial charge in [0.25, 0.3) is 0 Å². The molecule has 1 aromatic heterocycles. The van der Waals surface area contributed by atoms with E-state index in [9.17, 15) is 5.11 Å². The maximum Gasteiger partial charge on any atom is 0.0673 e. The molecule has 0 aromatic carbocycles. The summed E-state index contributed by atoms with van der Waals surface area (Å²) in [7, 11) is 0. The van der Waals surface area contributed by atoms with Crippen molar-refractivity contribution in [1.82, 2.24) is 10.3 Å². The fourth-order valence-corrected chi connectivity index (χ4v) is 1.83. The fraction of sp³-hybridized carbons (Fsp3) is 0.643. The van der Waals surface area contributed by atoms with Gasteiger partial charge in [-0.25, -0.2) is 0 Å². The number of nitrogens with two attached hydrogens (primary N) is 1. The summed E-state index contributed by atoms with van der Waals surface area (Å²) in [6.45, 7) is 7.97. The SMILES string of the molecule is CC(C)CNCCC(C)(O)Cc1cnccc1N. The predicted molar refractivity (Wildman–Crippen MR) is 75.3 cm³/mol. The summed E-state index contributed by atoms with van der Waals surface area (Å²) in [5, 5.41) is 13.7. The van der Waals surface area contributed by atoms with E-state index in [1.807, 2.05) is 6.92 Å². The molecule has 0 radical (unpaired) electrons. The predicted octanol–water partition coefficient (Wildman–Crippen LogP) is 1.59. The van der Waals surface area contributed by atoms with Gasteiger partial charge in [0, 0.05) is 24.5 Å². The second-order valence-electron chi connectivity index (χ2n) is 5.60. The van der Waals surface area contributed by atoms with Gasteiger partial charge in [0.05, 0.1) is 5.60 Å². The summed E-state index contributed by atoms with van der Waals surface area (Å²) in [6.07, 6.45) is 4.63. The molecule has 0 aliphatic heterocycles. The molecule has 1 rings (SSSR count). The van der Waals surface area contributed by atoms with Gasteiger partial charge in [-0.2, -0.15) is 0 Å². The molecule has 4 N–H and O–H groups in total. The van der Waals surface area contributed by atoms with Crippen molar-refractivity contribution in [2.45, 2.75) is 39.2 Å². The van der Waals surface area contributed by atoms with Crippen molar-refractivity contribution in [2.24, 2.45) is 5.92 Å². The molecule has 1 atom stereocenters. The van der Waals surface area contributed by atoms with Crippen LogP contribution in [0.15, 0.2) is 18.5 Å². The number of aliphatic hydroxyl groups is 1. The highest BCUT2D eigenvalue weighted by atomic mass is 16.3. The van der Waals surface area contributed by atoms with Crippen LogP contribution in [-0.4, -0.2) is 28.8 Å². The van der Waals surface area contributed by atoms with E-state index < -0.39 is 5.60 Å². The van der Waals surface area contributed by atoms with Gasteiger partial charge in [0.15, 0.2) is 0 Å². The number of hydrogen-bond acceptors (Lipinski definition) is 4. The Kier molecular flexibility index (Phi) is 5.56. The number of nitrogen functional groups attached to an aromatic ring is 1. The van der Waals surface area contributed by atoms with Gasteiger partial charge in [-0.05, 0) is 44.0 Å². The highest BCUT2D eigenvalue weighted by molar-refractivity contribution is 5.44. The maximum atomic E-state index is 10.3. The monoisotopic (exact) mass is 251 g/mol. The van der Waals surface area contributed by atoms with Crippen LogP contribution in [0.1, 0.15) is 32.8 Å². The van der Waals surface area contributed by atoms with E-state index in [1.54, 1.807) is 18.5 Å². The largest absolute Gasteiger partial charge is 0.398 e. The lowest BCUT2D eigenvalue weighted by molar-refractivity contribution is 0.0514. The van der Waals surface area contributed by atoms with E-state index >= 15 is 0 Å². The topological polar surface area (TPSA) is 71.2 Å². The van der Waals surface area contributed by atoms with E-state index in [-0.39, 0.29) is 0 Å². The third-order valence-corrected chi connectivity index (χ3v) is 2.91. The smallest absolute Gasteiger partial charge is 0.0673 e. The molecular formula is C14H25N3O. The van der Waals surface area contributed by atoms with Crippen molar-refractivity contribution in [3.63, 3.8) is 0 Å². The molecule has 4 heteroatoms. The Labute approximate surface area is 110 Å². The van der Waals surface area contributed by atoms with Crippen LogP contribution in [0.5, 0.6) is 0 Å². The molecule has 0 saturated heterocycles. The first-order valence-electron chi connectivity index (χ1n) is 6.52. The van der Waals surface area contributed by atoms with Crippen molar-refractivity contribution < 1.29 is 5.11 Å². The van der Waals surface area contributed by atoms with Crippen molar-refractivity contribution in [3.05, 3.63) is 24.0 Å². The molecule has 0 amide bonds. The molecule has 0 bridgehead atoms. The lowest BCUT2D eigenvalue weighted by Crippen LogP contribution is -2.33. The standard InChI is InChI=1S/C14H25N3O/c1-11(2)9-17-7-5-14(3,18)8-12-10-16-6-4-13(12)15/h4,6,10-11,17-18H,5,7-9H2,1-3H3,(H2,15,16). The van der Waals surface area contributed by atoms with Crippen LogP contribution < -0.4 is 11.1 Å². The Morgan fingerprint density at radius 3 is 2.83 bits per heavy atom. The molecular weight excluding hydrogens is 226 g/mol. The zero-order valence-electron chi connectivity index (χ0n) is 11.6. The third kappa shape index (κ3) is 5.47. The van der Waals surface area contributed by atoms with Crippen LogP contribution in [0.25, 0.3) is 0 Å². The first-order chi connectivity index (χ1) is 8.41. The average molecular weight is 251 g/mol. The van der Waals surface area contributed by atoms with Crippen LogP contribution in [-0.2, 0) is 6.42 Å². The molecule has 0 fully saturated rings. The zero-order valence-corrected chi connectivity index (χ0v) is 11.6. The first kappa shape index (κ1) is 14.9. The minimum Gasteiger partial charge on any atom is -0.398 e. The number of aromatic nitrogens is 1. The highest BCUT2D eigenvalue weighted by Gasteiger charge is 2.21. The maximum absolute atomic E-state index is 10.3. The van der Waals surface area contributed by atoms with Gasteiger partial charge >= 0.3 is 0 Å². The lowest BCUT2D eigenvalue weighted by atomic mass is 9.93. The van der Waals surface area contributed by atoms with Gasteiger partial charge in [-0.15, -0.1) is 0 Å². The second-order valence-corrected chi connectivity index (χ2v) is 5.60. The number of hydrogen-bond donors (Lipinski definition) is 3. The number of pyridine rings is 1. The number of nitrogens with zero attached hydrogens (tertiary/aromatic N) is 1. The molecule has 102 valence electrons. The zero-order chi connectivity index (χ0) is 13.6. The Balaban J connectivity index is 2.42. The van der Waals surface area contributed by atoms with E-state index in [2.05, 4.69) is 24.1 Å². The van der Waals surface area contributed by atoms with E-state index in [1.165, 1.54) is 0 Å². The van der Waals surface area contributed by atoms with Crippen LogP contribution in [0.3, 0.4) is 0 Å². The summed E-state index contributed by atoms with van der Waals surface area (Å²) in [4.78, 5) is 4.04. The molecule has 1 aromatic rings. The van der Waals surface area contributed by atoms with Crippen LogP contribution in [0, 0.1) is 5.92 Å². The van der Waals surface area contributed by atoms with Crippen molar-refractivity contribution in [2.75, 3.05) is 18.8 Å². The minimum atomic E-state index is -0.749. The van der Waals surface area contributed by atoms with Crippen LogP contribution in [0.2, 0.25) is 0 Å². The van der Waals surface area contributed by atoms with Gasteiger partial charge in [0.2, 0.25) is 0 Å². The molecule has 0 aliphatic rings. The molecule has 0 spiro atoms. The Morgan fingerprint density at radius 2 is 2.22 bits per heavy atom. The van der Waals surface area contributed by atoms with E-state index in [0.29, 0.717) is 24.4 Å². The Morgan fingerprint density at radius 1 is 1.50 bits per heavy atom. The molecule has 1 unspecified atom stereocenters. The Bertz CT molecular complexity index is 364. The molecule has 0 saturated carbocycles. The molecule has 18 heavy (non-hydrogen) atoms. The van der Waals surface area contributed by atoms with Crippen LogP contribution in [0.4, 0.5) is 5.69 Å². The van der Waals surface area contributed by atoms with E-state index in [0.717, 1.165) is 18.7 Å². The van der Waals surface area contributed by atoms with Gasteiger partial charge in [-0.1, -0.05) is 13.8 Å². The highest BCUT2D eigenvalue weighted by Crippen LogP contribution is 2.19. The third-order valence-electron chi connectivity index (χ3n) is 2.91. The van der Waals surface area contributed by atoms with E-state index in [4.69, 9.17) is 5.73 Å². The summed E-state index contributed by atoms with van der Waals surface area (Å²) in [5.41, 5.74) is 6.71. The normalized spacial score (nSPS) is 14.7. The van der Waals surface area contributed by atoms with Crippen molar-refractivity contribution in [1.29, 1.82) is 0 Å². The lowest BCUT2D eigenvalue weighted by Gasteiger charge is -2.24. The van der Waals surface area contributed by atoms with Crippen LogP contribution >= 0.6 is 0 Å². The summed E-state index contributed by atoms with van der Waals surface area (Å²) in [6, 6.07) is 1.77. The van der Waals surface area contributed by atoms with Gasteiger partial charge < -0.3 is 16.2 Å². The quantitative estimate of drug-likeness (QED) is 0.644. The Hall–Kier alpha value is -1.13. The molecule has 0 aliphatic carbocycles. The van der Waals surface area contributed by atoms with Crippen molar-refractivity contribution >= 4 is 5.69 Å². The average Bonchev–Trinajstić information content (AvgIpc) is 2.27. The fourth-order valence-electron chi connectivity index (χ4n) is 1.83. The number of anilines is 1. The molecule has 4 nitrogen and oxygen atoms in total. The molecule has 1 heterocycles. The summed E-state index contributed by atoms with van der Waals surface area (Å²) < 4.78 is 0. The number of nitrogens with one attached hydrogen (secondary N) is 1.